The molecule has 1 heterocycles. The van der Waals surface area contributed by atoms with Crippen molar-refractivity contribution in [1.29, 1.82) is 0 Å². The van der Waals surface area contributed by atoms with Crippen LogP contribution in [-0.4, -0.2) is 16.3 Å². The van der Waals surface area contributed by atoms with E-state index in [2.05, 4.69) is 15.2 Å². The van der Waals surface area contributed by atoms with E-state index in [1.54, 1.807) is 6.07 Å². The van der Waals surface area contributed by atoms with Crippen LogP contribution < -0.4 is 0 Å². The number of isocyanates is 1. The Bertz CT molecular complexity index is 499. The minimum absolute atomic E-state index is 0.0242. The van der Waals surface area contributed by atoms with Gasteiger partial charge in [-0.05, 0) is 12.1 Å². The van der Waals surface area contributed by atoms with Crippen molar-refractivity contribution in [1.82, 2.24) is 10.2 Å². The maximum atomic E-state index is 13.4. The third-order valence-corrected chi connectivity index (χ3v) is 1.70. The lowest BCUT2D eigenvalue weighted by molar-refractivity contribution is 0.564. The van der Waals surface area contributed by atoms with Gasteiger partial charge in [0.2, 0.25) is 6.08 Å². The topological polar surface area (TPSA) is 58.1 Å². The van der Waals surface area contributed by atoms with Gasteiger partial charge in [0.05, 0.1) is 17.1 Å². The minimum Gasteiger partial charge on any atom is -0.278 e. The summed E-state index contributed by atoms with van der Waals surface area (Å²) < 4.78 is 13.4. The Morgan fingerprint density at radius 2 is 2.38 bits per heavy atom. The van der Waals surface area contributed by atoms with E-state index in [4.69, 9.17) is 0 Å². The van der Waals surface area contributed by atoms with E-state index in [1.807, 2.05) is 0 Å². The van der Waals surface area contributed by atoms with E-state index < -0.39 is 5.82 Å². The van der Waals surface area contributed by atoms with Gasteiger partial charge in [-0.1, -0.05) is 0 Å². The molecular weight excluding hydrogens is 173 g/mol. The van der Waals surface area contributed by atoms with E-state index >= 15 is 0 Å². The summed E-state index contributed by atoms with van der Waals surface area (Å²) >= 11 is 0. The molecule has 0 unspecified atom stereocenters. The number of rotatable bonds is 1. The number of carbonyl (C=O) groups excluding carboxylic acids is 1. The Balaban J connectivity index is 2.80. The summed E-state index contributed by atoms with van der Waals surface area (Å²) in [6.07, 6.45) is 2.63. The first kappa shape index (κ1) is 7.64. The summed E-state index contributed by atoms with van der Waals surface area (Å²) in [5.74, 6) is -0.561. The van der Waals surface area contributed by atoms with E-state index in [0.717, 1.165) is 0 Å². The van der Waals surface area contributed by atoms with Crippen LogP contribution >= 0.6 is 0 Å². The minimum atomic E-state index is -0.561. The molecule has 0 saturated carbocycles. The monoisotopic (exact) mass is 177 g/mol. The molecule has 0 aliphatic heterocycles. The van der Waals surface area contributed by atoms with Crippen LogP contribution in [0.25, 0.3) is 10.9 Å². The molecule has 1 aromatic heterocycles. The van der Waals surface area contributed by atoms with Gasteiger partial charge in [-0.3, -0.25) is 5.10 Å². The van der Waals surface area contributed by atoms with Crippen LogP contribution in [0.2, 0.25) is 0 Å². The van der Waals surface area contributed by atoms with Gasteiger partial charge in [0.1, 0.15) is 5.69 Å². The molecule has 2 aromatic rings. The van der Waals surface area contributed by atoms with Gasteiger partial charge in [-0.25, -0.2) is 9.18 Å². The zero-order valence-electron chi connectivity index (χ0n) is 6.41. The predicted octanol–water partition coefficient (Wildman–Crippen LogP) is 1.67. The van der Waals surface area contributed by atoms with Crippen molar-refractivity contribution >= 4 is 22.7 Å². The molecule has 0 amide bonds. The molecule has 0 aliphatic carbocycles. The van der Waals surface area contributed by atoms with Crippen LogP contribution in [0.3, 0.4) is 0 Å². The summed E-state index contributed by atoms with van der Waals surface area (Å²) in [5.41, 5.74) is 0.547. The van der Waals surface area contributed by atoms with E-state index in [9.17, 15) is 9.18 Å². The summed E-state index contributed by atoms with van der Waals surface area (Å²) in [6.45, 7) is 0. The molecule has 4 nitrogen and oxygen atoms in total. The highest BCUT2D eigenvalue weighted by Crippen LogP contribution is 2.24. The van der Waals surface area contributed by atoms with Gasteiger partial charge in [-0.15, -0.1) is 0 Å². The number of aromatic nitrogens is 2. The van der Waals surface area contributed by atoms with Gasteiger partial charge >= 0.3 is 0 Å². The zero-order chi connectivity index (χ0) is 9.26. The third kappa shape index (κ3) is 1.11. The van der Waals surface area contributed by atoms with Crippen molar-refractivity contribution in [2.24, 2.45) is 4.99 Å². The number of H-pyrrole nitrogens is 1. The van der Waals surface area contributed by atoms with Gasteiger partial charge in [0.25, 0.3) is 0 Å². The van der Waals surface area contributed by atoms with Crippen molar-refractivity contribution in [3.63, 3.8) is 0 Å². The summed E-state index contributed by atoms with van der Waals surface area (Å²) in [4.78, 5) is 13.1. The van der Waals surface area contributed by atoms with Crippen molar-refractivity contribution < 1.29 is 9.18 Å². The molecule has 13 heavy (non-hydrogen) atoms. The number of fused-ring (bicyclic) bond motifs is 1. The summed E-state index contributed by atoms with van der Waals surface area (Å²) in [6, 6.07) is 2.99. The molecule has 64 valence electrons. The molecule has 0 radical (unpaired) electrons. The number of halogens is 1. The largest absolute Gasteiger partial charge is 0.278 e. The van der Waals surface area contributed by atoms with Crippen LogP contribution in [0.15, 0.2) is 23.3 Å². The van der Waals surface area contributed by atoms with Crippen LogP contribution in [0.5, 0.6) is 0 Å². The molecule has 0 atom stereocenters. The molecule has 5 heteroatoms. The SMILES string of the molecule is O=C=Nc1ccc2[nH]ncc2c1F. The Labute approximate surface area is 72.1 Å². The van der Waals surface area contributed by atoms with Crippen molar-refractivity contribution in [3.8, 4) is 0 Å². The number of hydrogen-bond acceptors (Lipinski definition) is 3. The molecule has 2 rings (SSSR count). The summed E-state index contributed by atoms with van der Waals surface area (Å²) in [5, 5.41) is 6.57. The average molecular weight is 177 g/mol. The number of aliphatic imine (C=N–C) groups is 1. The average Bonchev–Trinajstić information content (AvgIpc) is 2.58. The Morgan fingerprint density at radius 3 is 3.15 bits per heavy atom. The van der Waals surface area contributed by atoms with Gasteiger partial charge < -0.3 is 0 Å². The molecule has 0 fully saturated rings. The standard InChI is InChI=1S/C8H4FN3O/c9-8-5-3-11-12-6(5)1-2-7(8)10-4-13/h1-3H,(H,11,12). The third-order valence-electron chi connectivity index (χ3n) is 1.70. The van der Waals surface area contributed by atoms with Crippen LogP contribution in [-0.2, 0) is 4.79 Å². The quantitative estimate of drug-likeness (QED) is 0.532. The highest BCUT2D eigenvalue weighted by atomic mass is 19.1. The number of aromatic amines is 1. The first-order chi connectivity index (χ1) is 6.33. The van der Waals surface area contributed by atoms with E-state index in [-0.39, 0.29) is 5.69 Å². The number of hydrogen-bond donors (Lipinski definition) is 1. The maximum absolute atomic E-state index is 13.4. The fourth-order valence-electron chi connectivity index (χ4n) is 1.11. The van der Waals surface area contributed by atoms with E-state index in [1.165, 1.54) is 18.3 Å². The van der Waals surface area contributed by atoms with Crippen molar-refractivity contribution in [2.45, 2.75) is 0 Å². The second-order valence-corrected chi connectivity index (χ2v) is 2.43. The van der Waals surface area contributed by atoms with Crippen molar-refractivity contribution in [2.75, 3.05) is 0 Å². The molecule has 0 spiro atoms. The molecule has 0 aliphatic rings. The lowest BCUT2D eigenvalue weighted by Crippen LogP contribution is -1.77. The lowest BCUT2D eigenvalue weighted by Gasteiger charge is -1.94. The molecule has 0 saturated heterocycles. The molecule has 1 aromatic carbocycles. The smallest absolute Gasteiger partial charge is 0.240 e. The van der Waals surface area contributed by atoms with Crippen LogP contribution in [0, 0.1) is 5.82 Å². The highest BCUT2D eigenvalue weighted by molar-refractivity contribution is 5.82. The first-order valence-corrected chi connectivity index (χ1v) is 3.52. The number of benzene rings is 1. The Morgan fingerprint density at radius 1 is 1.54 bits per heavy atom. The van der Waals surface area contributed by atoms with Crippen molar-refractivity contribution in [3.05, 3.63) is 24.1 Å². The molecule has 1 N–H and O–H groups in total. The summed E-state index contributed by atoms with van der Waals surface area (Å²) in [7, 11) is 0. The fraction of sp³-hybridized carbons (Fsp3) is 0. The van der Waals surface area contributed by atoms with E-state index in [0.29, 0.717) is 10.9 Å². The number of nitrogens with one attached hydrogen (secondary N) is 1. The predicted molar refractivity (Wildman–Crippen MR) is 43.8 cm³/mol. The fourth-order valence-corrected chi connectivity index (χ4v) is 1.11. The first-order valence-electron chi connectivity index (χ1n) is 3.52. The lowest BCUT2D eigenvalue weighted by atomic mass is 10.2. The zero-order valence-corrected chi connectivity index (χ0v) is 6.41. The van der Waals surface area contributed by atoms with Gasteiger partial charge in [0, 0.05) is 0 Å². The van der Waals surface area contributed by atoms with Crippen LogP contribution in [0.1, 0.15) is 0 Å². The second-order valence-electron chi connectivity index (χ2n) is 2.43. The Kier molecular flexibility index (Phi) is 1.65. The van der Waals surface area contributed by atoms with Gasteiger partial charge in [0.15, 0.2) is 5.82 Å². The molecule has 0 bridgehead atoms. The Hall–Kier alpha value is -2.00. The highest BCUT2D eigenvalue weighted by Gasteiger charge is 2.07. The molecular formula is C8H4FN3O. The maximum Gasteiger partial charge on any atom is 0.240 e. The van der Waals surface area contributed by atoms with Crippen LogP contribution in [0.4, 0.5) is 10.1 Å². The van der Waals surface area contributed by atoms with Gasteiger partial charge in [-0.2, -0.15) is 10.1 Å². The normalized spacial score (nSPS) is 9.92. The number of nitrogens with zero attached hydrogens (tertiary/aromatic N) is 2. The second kappa shape index (κ2) is 2.80.